The number of piperazine rings is 1. The molecule has 0 unspecified atom stereocenters. The molecule has 0 bridgehead atoms. The van der Waals surface area contributed by atoms with Crippen LogP contribution < -0.4 is 10.7 Å². The SMILES string of the molecule is C=C(CC)CCC(=O)OCn1c(=O)oc2c(N3CCN(Cc4cccc(-c5ccccc5)c4)CC3)cccc21. The minimum absolute atomic E-state index is 0.164. The highest BCUT2D eigenvalue weighted by molar-refractivity contribution is 5.87. The Hall–Kier alpha value is -4.10. The monoisotopic (exact) mass is 525 g/mol. The number of nitrogens with zero attached hydrogens (tertiary/aromatic N) is 3. The van der Waals surface area contributed by atoms with Gasteiger partial charge in [-0.15, -0.1) is 0 Å². The fraction of sp³-hybridized carbons (Fsp3) is 0.312. The molecule has 0 aliphatic carbocycles. The van der Waals surface area contributed by atoms with Crippen LogP contribution in [0, 0.1) is 0 Å². The van der Waals surface area contributed by atoms with Crippen LogP contribution in [0.3, 0.4) is 0 Å². The molecule has 0 N–H and O–H groups in total. The molecule has 1 fully saturated rings. The quantitative estimate of drug-likeness (QED) is 0.192. The molecule has 5 rings (SSSR count). The van der Waals surface area contributed by atoms with Crippen LogP contribution in [0.2, 0.25) is 0 Å². The number of benzene rings is 3. The summed E-state index contributed by atoms with van der Waals surface area (Å²) in [5.41, 5.74) is 6.80. The molecule has 0 amide bonds. The third-order valence-electron chi connectivity index (χ3n) is 7.36. The van der Waals surface area contributed by atoms with Crippen LogP contribution in [-0.4, -0.2) is 41.6 Å². The van der Waals surface area contributed by atoms with Crippen molar-refractivity contribution in [3.05, 3.63) is 101 Å². The fourth-order valence-corrected chi connectivity index (χ4v) is 4.99. The molecule has 7 heteroatoms. The standard InChI is InChI=1S/C32H35N3O4/c1-3-24(2)15-16-30(36)38-23-35-29-14-8-13-28(31(29)39-32(35)37)34-19-17-33(18-20-34)22-25-9-7-12-27(21-25)26-10-5-4-6-11-26/h4-14,21H,2-3,15-20,22-23H2,1H3. The summed E-state index contributed by atoms with van der Waals surface area (Å²) in [6, 6.07) is 24.9. The van der Waals surface area contributed by atoms with Crippen molar-refractivity contribution >= 4 is 22.8 Å². The maximum Gasteiger partial charge on any atom is 0.422 e. The van der Waals surface area contributed by atoms with Crippen molar-refractivity contribution in [3.63, 3.8) is 0 Å². The second-order valence-electron chi connectivity index (χ2n) is 10.00. The van der Waals surface area contributed by atoms with Gasteiger partial charge in [0.15, 0.2) is 12.3 Å². The zero-order chi connectivity index (χ0) is 27.2. The number of oxazole rings is 1. The van der Waals surface area contributed by atoms with E-state index < -0.39 is 5.76 Å². The van der Waals surface area contributed by atoms with E-state index in [-0.39, 0.29) is 19.1 Å². The van der Waals surface area contributed by atoms with Crippen LogP contribution in [0.25, 0.3) is 22.2 Å². The second kappa shape index (κ2) is 12.2. The number of ether oxygens (including phenoxy) is 1. The number of rotatable bonds is 10. The Balaban J connectivity index is 1.22. The van der Waals surface area contributed by atoms with Gasteiger partial charge < -0.3 is 14.1 Å². The van der Waals surface area contributed by atoms with E-state index in [2.05, 4.69) is 64.9 Å². The maximum absolute atomic E-state index is 12.6. The number of para-hydroxylation sites is 1. The van der Waals surface area contributed by atoms with E-state index in [0.29, 0.717) is 17.5 Å². The fourth-order valence-electron chi connectivity index (χ4n) is 4.99. The maximum atomic E-state index is 12.6. The topological polar surface area (TPSA) is 67.9 Å². The predicted molar refractivity (Wildman–Crippen MR) is 155 cm³/mol. The van der Waals surface area contributed by atoms with Crippen LogP contribution in [0.5, 0.6) is 0 Å². The number of aromatic nitrogens is 1. The molecular weight excluding hydrogens is 490 g/mol. The zero-order valence-electron chi connectivity index (χ0n) is 22.5. The molecule has 39 heavy (non-hydrogen) atoms. The van der Waals surface area contributed by atoms with E-state index in [1.807, 2.05) is 31.2 Å². The van der Waals surface area contributed by atoms with Crippen LogP contribution in [0.4, 0.5) is 5.69 Å². The first-order chi connectivity index (χ1) is 19.0. The number of allylic oxidation sites excluding steroid dienone is 1. The molecule has 1 aliphatic heterocycles. The van der Waals surface area contributed by atoms with E-state index in [1.54, 1.807) is 0 Å². The van der Waals surface area contributed by atoms with Crippen LogP contribution in [0.1, 0.15) is 31.7 Å². The summed E-state index contributed by atoms with van der Waals surface area (Å²) in [4.78, 5) is 29.5. The first kappa shape index (κ1) is 26.5. The number of hydrogen-bond donors (Lipinski definition) is 0. The Labute approximate surface area is 228 Å². The van der Waals surface area contributed by atoms with E-state index in [0.717, 1.165) is 50.4 Å². The summed E-state index contributed by atoms with van der Waals surface area (Å²) in [6.45, 7) is 10.1. The van der Waals surface area contributed by atoms with Crippen molar-refractivity contribution in [2.45, 2.75) is 39.5 Å². The van der Waals surface area contributed by atoms with E-state index in [1.165, 1.54) is 21.3 Å². The molecule has 1 aliphatic rings. The summed E-state index contributed by atoms with van der Waals surface area (Å²) in [7, 11) is 0. The molecule has 202 valence electrons. The normalized spacial score (nSPS) is 14.0. The largest absolute Gasteiger partial charge is 0.444 e. The first-order valence-corrected chi connectivity index (χ1v) is 13.6. The van der Waals surface area contributed by atoms with Gasteiger partial charge in [-0.3, -0.25) is 9.69 Å². The first-order valence-electron chi connectivity index (χ1n) is 13.6. The molecule has 0 saturated carbocycles. The molecule has 3 aromatic carbocycles. The van der Waals surface area contributed by atoms with Crippen molar-refractivity contribution in [3.8, 4) is 11.1 Å². The molecule has 1 aromatic heterocycles. The molecule has 2 heterocycles. The van der Waals surface area contributed by atoms with Crippen LogP contribution in [-0.2, 0) is 22.8 Å². The lowest BCUT2D eigenvalue weighted by Gasteiger charge is -2.36. The Morgan fingerprint density at radius 1 is 0.923 bits per heavy atom. The predicted octanol–water partition coefficient (Wildman–Crippen LogP) is 5.83. The molecule has 0 spiro atoms. The average molecular weight is 526 g/mol. The molecule has 0 radical (unpaired) electrons. The number of esters is 1. The van der Waals surface area contributed by atoms with Gasteiger partial charge in [0.1, 0.15) is 0 Å². The van der Waals surface area contributed by atoms with Crippen molar-refractivity contribution in [2.24, 2.45) is 0 Å². The minimum Gasteiger partial charge on any atom is -0.444 e. The van der Waals surface area contributed by atoms with Gasteiger partial charge in [0.2, 0.25) is 0 Å². The summed E-state index contributed by atoms with van der Waals surface area (Å²) < 4.78 is 12.4. The van der Waals surface area contributed by atoms with Gasteiger partial charge in [0, 0.05) is 39.1 Å². The van der Waals surface area contributed by atoms with Crippen LogP contribution in [0.15, 0.2) is 94.2 Å². The number of anilines is 1. The summed E-state index contributed by atoms with van der Waals surface area (Å²) in [6.07, 6.45) is 1.67. The van der Waals surface area contributed by atoms with Crippen molar-refractivity contribution in [1.29, 1.82) is 0 Å². The van der Waals surface area contributed by atoms with Gasteiger partial charge in [-0.05, 0) is 47.7 Å². The number of carbonyl (C=O) groups is 1. The van der Waals surface area contributed by atoms with E-state index >= 15 is 0 Å². The Bertz CT molecular complexity index is 1500. The second-order valence-corrected chi connectivity index (χ2v) is 10.00. The average Bonchev–Trinajstić information content (AvgIpc) is 3.30. The highest BCUT2D eigenvalue weighted by Gasteiger charge is 2.22. The van der Waals surface area contributed by atoms with Gasteiger partial charge in [-0.2, -0.15) is 0 Å². The summed E-state index contributed by atoms with van der Waals surface area (Å²) in [5, 5.41) is 0. The lowest BCUT2D eigenvalue weighted by Crippen LogP contribution is -2.46. The van der Waals surface area contributed by atoms with E-state index in [9.17, 15) is 9.59 Å². The summed E-state index contributed by atoms with van der Waals surface area (Å²) >= 11 is 0. The lowest BCUT2D eigenvalue weighted by atomic mass is 10.0. The zero-order valence-corrected chi connectivity index (χ0v) is 22.5. The Morgan fingerprint density at radius 3 is 2.44 bits per heavy atom. The lowest BCUT2D eigenvalue weighted by molar-refractivity contribution is -0.147. The Kier molecular flexibility index (Phi) is 8.27. The van der Waals surface area contributed by atoms with Crippen molar-refractivity contribution in [1.82, 2.24) is 9.47 Å². The van der Waals surface area contributed by atoms with Gasteiger partial charge in [0.05, 0.1) is 11.2 Å². The van der Waals surface area contributed by atoms with Crippen molar-refractivity contribution < 1.29 is 13.9 Å². The molecule has 4 aromatic rings. The Morgan fingerprint density at radius 2 is 1.67 bits per heavy atom. The third-order valence-corrected chi connectivity index (χ3v) is 7.36. The van der Waals surface area contributed by atoms with Gasteiger partial charge in [0.25, 0.3) is 0 Å². The molecule has 7 nitrogen and oxygen atoms in total. The van der Waals surface area contributed by atoms with Crippen molar-refractivity contribution in [2.75, 3.05) is 31.1 Å². The van der Waals surface area contributed by atoms with Crippen LogP contribution >= 0.6 is 0 Å². The molecule has 1 saturated heterocycles. The highest BCUT2D eigenvalue weighted by atomic mass is 16.5. The minimum atomic E-state index is -0.528. The number of hydrogen-bond acceptors (Lipinski definition) is 6. The number of carbonyl (C=O) groups excluding carboxylic acids is 1. The molecular formula is C32H35N3O4. The van der Waals surface area contributed by atoms with Gasteiger partial charge in [-0.25, -0.2) is 9.36 Å². The summed E-state index contributed by atoms with van der Waals surface area (Å²) in [5.74, 6) is -0.882. The highest BCUT2D eigenvalue weighted by Crippen LogP contribution is 2.28. The van der Waals surface area contributed by atoms with Gasteiger partial charge >= 0.3 is 11.7 Å². The third kappa shape index (κ3) is 6.32. The molecule has 0 atom stereocenters. The smallest absolute Gasteiger partial charge is 0.422 e. The van der Waals surface area contributed by atoms with E-state index in [4.69, 9.17) is 9.15 Å². The number of fused-ring (bicyclic) bond motifs is 1. The van der Waals surface area contributed by atoms with Gasteiger partial charge in [-0.1, -0.05) is 73.7 Å².